The minimum atomic E-state index is -4.14. The Balaban J connectivity index is -0.000000869. The van der Waals surface area contributed by atoms with E-state index in [9.17, 15) is 27.3 Å². The van der Waals surface area contributed by atoms with Crippen molar-refractivity contribution in [1.29, 1.82) is 0 Å². The zero-order valence-electron chi connectivity index (χ0n) is 14.8. The molecule has 1 unspecified atom stereocenters. The summed E-state index contributed by atoms with van der Waals surface area (Å²) in [7, 11) is 0. The molecule has 0 fully saturated rings. The zero-order valence-corrected chi connectivity index (χ0v) is 14.8. The normalized spacial score (nSPS) is 10.1. The van der Waals surface area contributed by atoms with Crippen LogP contribution in [0.25, 0.3) is 0 Å². The van der Waals surface area contributed by atoms with Gasteiger partial charge in [0, 0.05) is 16.5 Å². The van der Waals surface area contributed by atoms with Gasteiger partial charge in [-0.15, -0.1) is 25.7 Å². The van der Waals surface area contributed by atoms with Gasteiger partial charge in [0.25, 0.3) is 0 Å². The van der Waals surface area contributed by atoms with Crippen LogP contribution >= 0.6 is 0 Å². The highest BCUT2D eigenvalue weighted by molar-refractivity contribution is 5.76. The van der Waals surface area contributed by atoms with Gasteiger partial charge in [-0.3, -0.25) is 0 Å². The molecule has 150 valence electrons. The molecule has 0 aliphatic heterocycles. The maximum atomic E-state index is 13.6. The summed E-state index contributed by atoms with van der Waals surface area (Å²) in [5, 5.41) is 10.5. The van der Waals surface area contributed by atoms with Crippen molar-refractivity contribution in [3.63, 3.8) is 0 Å². The van der Waals surface area contributed by atoms with E-state index in [2.05, 4.69) is 30.6 Å². The van der Waals surface area contributed by atoms with Crippen LogP contribution in [0.1, 0.15) is 38.3 Å². The second kappa shape index (κ2) is 16.3. The summed E-state index contributed by atoms with van der Waals surface area (Å²) < 4.78 is 51.4. The Bertz CT molecular complexity index is 597. The van der Waals surface area contributed by atoms with Gasteiger partial charge in [-0.1, -0.05) is 32.0 Å². The third-order valence-electron chi connectivity index (χ3n) is 2.69. The second-order valence-electron chi connectivity index (χ2n) is 4.13. The van der Waals surface area contributed by atoms with Crippen molar-refractivity contribution in [1.82, 2.24) is 5.32 Å². The summed E-state index contributed by atoms with van der Waals surface area (Å²) in [6.45, 7) is 4.00. The average molecular weight is 391 g/mol. The van der Waals surface area contributed by atoms with Gasteiger partial charge >= 0.3 is 18.0 Å². The fourth-order valence-electron chi connectivity index (χ4n) is 1.70. The van der Waals surface area contributed by atoms with E-state index in [1.165, 1.54) is 18.2 Å². The summed E-state index contributed by atoms with van der Waals surface area (Å²) in [6.07, 6.45) is 12.6. The molecule has 0 aliphatic carbocycles. The first kappa shape index (κ1) is 28.6. The molecule has 27 heavy (non-hydrogen) atoms. The number of hydrogen-bond acceptors (Lipinski definition) is 3. The lowest BCUT2D eigenvalue weighted by Gasteiger charge is -2.20. The van der Waals surface area contributed by atoms with E-state index in [-0.39, 0.29) is 5.56 Å². The predicted octanol–water partition coefficient (Wildman–Crippen LogP) is 4.50. The minimum absolute atomic E-state index is 0.163. The van der Waals surface area contributed by atoms with Crippen LogP contribution in [0.3, 0.4) is 0 Å². The Labute approximate surface area is 155 Å². The molecule has 0 spiro atoms. The molecule has 0 saturated carbocycles. The van der Waals surface area contributed by atoms with E-state index in [0.717, 1.165) is 6.07 Å². The van der Waals surface area contributed by atoms with Gasteiger partial charge in [0.15, 0.2) is 0 Å². The summed E-state index contributed by atoms with van der Waals surface area (Å²) in [5.74, 6) is -7.32. The number of carbonyl (C=O) groups excluding carboxylic acids is 1. The quantitative estimate of drug-likeness (QED) is 0.553. The number of halogens is 4. The van der Waals surface area contributed by atoms with Crippen LogP contribution in [-0.4, -0.2) is 23.1 Å². The van der Waals surface area contributed by atoms with Crippen LogP contribution in [0.2, 0.25) is 0 Å². The molecule has 0 radical (unpaired) electrons. The van der Waals surface area contributed by atoms with Gasteiger partial charge in [-0.2, -0.15) is 8.78 Å². The van der Waals surface area contributed by atoms with Crippen LogP contribution in [0.5, 0.6) is 0 Å². The monoisotopic (exact) mass is 391 g/mol. The number of carbonyl (C=O) groups is 2. The topological polar surface area (TPSA) is 75.6 Å². The second-order valence-corrected chi connectivity index (χ2v) is 4.13. The Kier molecular flexibility index (Phi) is 17.2. The zero-order chi connectivity index (χ0) is 22.0. The molecule has 0 aromatic heterocycles. The predicted molar refractivity (Wildman–Crippen MR) is 92.8 cm³/mol. The first-order valence-corrected chi connectivity index (χ1v) is 7.39. The van der Waals surface area contributed by atoms with E-state index in [4.69, 9.17) is 5.11 Å². The molecular formula is C18H21F4NO4. The number of alkyl halides is 2. The number of nitrogens with one attached hydrogen (secondary N) is 1. The largest absolute Gasteiger partial charge is 0.465 e. The van der Waals surface area contributed by atoms with Crippen molar-refractivity contribution in [3.8, 4) is 25.7 Å². The van der Waals surface area contributed by atoms with Crippen molar-refractivity contribution in [2.45, 2.75) is 38.7 Å². The number of rotatable bonds is 6. The first-order valence-electron chi connectivity index (χ1n) is 7.39. The molecule has 1 aromatic rings. The van der Waals surface area contributed by atoms with Gasteiger partial charge in [-0.25, -0.2) is 18.9 Å². The molecule has 0 aliphatic rings. The summed E-state index contributed by atoms with van der Waals surface area (Å²) >= 11 is 0. The average Bonchev–Trinajstić information content (AvgIpc) is 2.69. The number of benzene rings is 1. The molecule has 5 nitrogen and oxygen atoms in total. The third-order valence-corrected chi connectivity index (χ3v) is 2.69. The number of amides is 1. The maximum absolute atomic E-state index is 13.6. The van der Waals surface area contributed by atoms with Crippen molar-refractivity contribution >= 4 is 12.1 Å². The number of terminal acetylenes is 2. The lowest BCUT2D eigenvalue weighted by molar-refractivity contribution is -0.212. The molecule has 2 N–H and O–H groups in total. The summed E-state index contributed by atoms with van der Waals surface area (Å²) in [5.41, 5.74) is -0.163. The summed E-state index contributed by atoms with van der Waals surface area (Å²) in [6, 6.07) is 3.65. The number of carboxylic acid groups (broad SMARTS) is 1. The lowest BCUT2D eigenvalue weighted by atomic mass is 9.99. The smallest absolute Gasteiger partial charge is 0.417 e. The maximum Gasteiger partial charge on any atom is 0.417 e. The van der Waals surface area contributed by atoms with Gasteiger partial charge < -0.3 is 10.4 Å². The van der Waals surface area contributed by atoms with E-state index < -0.39 is 42.7 Å². The van der Waals surface area contributed by atoms with Crippen molar-refractivity contribution in [2.24, 2.45) is 0 Å². The van der Waals surface area contributed by atoms with Crippen molar-refractivity contribution < 1.29 is 37.3 Å². The van der Waals surface area contributed by atoms with Crippen molar-refractivity contribution in [2.75, 3.05) is 0 Å². The fourth-order valence-corrected chi connectivity index (χ4v) is 1.70. The number of hydrogen-bond donors (Lipinski definition) is 2. The minimum Gasteiger partial charge on any atom is -0.465 e. The lowest BCUT2D eigenvalue weighted by Crippen LogP contribution is -2.33. The van der Waals surface area contributed by atoms with Gasteiger partial charge in [-0.05, 0) is 12.5 Å². The Morgan fingerprint density at radius 1 is 1.19 bits per heavy atom. The molecule has 0 bridgehead atoms. The Morgan fingerprint density at radius 2 is 1.67 bits per heavy atom. The van der Waals surface area contributed by atoms with Crippen LogP contribution in [-0.2, 0) is 9.74 Å². The van der Waals surface area contributed by atoms with E-state index in [0.29, 0.717) is 0 Å². The standard InChI is InChI=1S/C12H11F4NO4.C2H6.2C2H2/c13-8-4-2-1-3-7(8)9(17-11(19)20)5-6-12(14,15)10(18)21-16;3*1-2/h1-4,9,17H,5-6H2,(H,19,20);1-2H3;2*1-2H. The van der Waals surface area contributed by atoms with E-state index in [1.54, 1.807) is 0 Å². The highest BCUT2D eigenvalue weighted by Crippen LogP contribution is 2.29. The third kappa shape index (κ3) is 11.1. The van der Waals surface area contributed by atoms with Gasteiger partial charge in [0.1, 0.15) is 5.82 Å². The summed E-state index contributed by atoms with van der Waals surface area (Å²) in [4.78, 5) is 23.6. The molecule has 0 saturated heterocycles. The molecule has 1 aromatic carbocycles. The molecule has 1 atom stereocenters. The van der Waals surface area contributed by atoms with Crippen molar-refractivity contribution in [3.05, 3.63) is 35.6 Å². The van der Waals surface area contributed by atoms with Gasteiger partial charge in [0.2, 0.25) is 0 Å². The Hall–Kier alpha value is -3.20. The van der Waals surface area contributed by atoms with Crippen LogP contribution in [0.15, 0.2) is 24.3 Å². The fraction of sp³-hybridized carbons (Fsp3) is 0.333. The highest BCUT2D eigenvalue weighted by atomic mass is 19.3. The van der Waals surface area contributed by atoms with E-state index in [1.807, 2.05) is 19.2 Å². The molecule has 9 heteroatoms. The molecule has 0 heterocycles. The van der Waals surface area contributed by atoms with Crippen LogP contribution < -0.4 is 5.32 Å². The SMILES string of the molecule is C#C.C#C.CC.O=C(O)NC(CCC(F)(F)C(=O)OF)c1ccccc1F. The highest BCUT2D eigenvalue weighted by Gasteiger charge is 2.42. The first-order chi connectivity index (χ1) is 12.8. The van der Waals surface area contributed by atoms with E-state index >= 15 is 0 Å². The molecule has 1 rings (SSSR count). The van der Waals surface area contributed by atoms with Crippen LogP contribution in [0, 0.1) is 31.5 Å². The van der Waals surface area contributed by atoms with Crippen LogP contribution in [0.4, 0.5) is 22.5 Å². The van der Waals surface area contributed by atoms with Gasteiger partial charge in [0.05, 0.1) is 6.04 Å². The Morgan fingerprint density at radius 3 is 2.07 bits per heavy atom. The molecular weight excluding hydrogens is 370 g/mol. The molecule has 1 amide bonds.